The van der Waals surface area contributed by atoms with Crippen LogP contribution in [0.25, 0.3) is 0 Å². The number of benzene rings is 1. The van der Waals surface area contributed by atoms with Crippen molar-refractivity contribution in [3.8, 4) is 0 Å². The summed E-state index contributed by atoms with van der Waals surface area (Å²) in [4.78, 5) is 32.4. The number of imidazole rings is 1. The predicted molar refractivity (Wildman–Crippen MR) is 132 cm³/mol. The monoisotopic (exact) mass is 450 g/mol. The van der Waals surface area contributed by atoms with Crippen molar-refractivity contribution in [3.05, 3.63) is 65.3 Å². The fourth-order valence-electron chi connectivity index (χ4n) is 4.46. The topological polar surface area (TPSA) is 58.4 Å². The van der Waals surface area contributed by atoms with Gasteiger partial charge >= 0.3 is 0 Å². The van der Waals surface area contributed by atoms with Crippen LogP contribution in [0, 0.1) is 0 Å². The molecule has 1 unspecified atom stereocenters. The summed E-state index contributed by atoms with van der Waals surface area (Å²) in [6.45, 7) is 12.3. The molecule has 0 bridgehead atoms. The van der Waals surface area contributed by atoms with Gasteiger partial charge in [0.1, 0.15) is 11.5 Å². The van der Waals surface area contributed by atoms with Gasteiger partial charge in [-0.3, -0.25) is 14.5 Å². The van der Waals surface area contributed by atoms with Crippen molar-refractivity contribution in [2.24, 2.45) is 0 Å². The van der Waals surface area contributed by atoms with Crippen molar-refractivity contribution in [1.82, 2.24) is 19.4 Å². The van der Waals surface area contributed by atoms with Gasteiger partial charge < -0.3 is 9.47 Å². The van der Waals surface area contributed by atoms with Crippen molar-refractivity contribution >= 4 is 11.7 Å². The number of nitrogens with zero attached hydrogens (tertiary/aromatic N) is 4. The molecule has 6 nitrogen and oxygen atoms in total. The Kier molecular flexibility index (Phi) is 9.01. The number of carbonyl (C=O) groups is 2. The molecule has 0 spiro atoms. The van der Waals surface area contributed by atoms with E-state index >= 15 is 0 Å². The summed E-state index contributed by atoms with van der Waals surface area (Å²) in [6.07, 6.45) is 10.1. The molecule has 1 saturated heterocycles. The first kappa shape index (κ1) is 24.9. The Labute approximate surface area is 198 Å². The molecular formula is C27H38N4O2. The second-order valence-corrected chi connectivity index (χ2v) is 8.85. The third-order valence-electron chi connectivity index (χ3n) is 6.53. The first-order valence-electron chi connectivity index (χ1n) is 12.3. The Morgan fingerprint density at radius 1 is 1.09 bits per heavy atom. The first-order valence-corrected chi connectivity index (χ1v) is 12.3. The Morgan fingerprint density at radius 3 is 2.42 bits per heavy atom. The van der Waals surface area contributed by atoms with Crippen LogP contribution >= 0.6 is 0 Å². The lowest BCUT2D eigenvalue weighted by Crippen LogP contribution is -2.41. The third-order valence-corrected chi connectivity index (χ3v) is 6.53. The van der Waals surface area contributed by atoms with Gasteiger partial charge in [0.05, 0.1) is 12.2 Å². The zero-order chi connectivity index (χ0) is 23.8. The minimum Gasteiger partial charge on any atom is -0.327 e. The highest BCUT2D eigenvalue weighted by molar-refractivity contribution is 5.92. The maximum atomic E-state index is 12.4. The van der Waals surface area contributed by atoms with E-state index in [1.54, 1.807) is 19.2 Å². The smallest absolute Gasteiger partial charge is 0.246 e. The van der Waals surface area contributed by atoms with Crippen LogP contribution in [0.5, 0.6) is 0 Å². The van der Waals surface area contributed by atoms with Gasteiger partial charge in [-0.2, -0.15) is 0 Å². The third kappa shape index (κ3) is 6.20. The van der Waals surface area contributed by atoms with Gasteiger partial charge in [0.2, 0.25) is 5.91 Å². The van der Waals surface area contributed by atoms with E-state index in [0.29, 0.717) is 18.8 Å². The molecule has 0 saturated carbocycles. The zero-order valence-electron chi connectivity index (χ0n) is 20.6. The van der Waals surface area contributed by atoms with Crippen molar-refractivity contribution in [1.29, 1.82) is 0 Å². The van der Waals surface area contributed by atoms with E-state index in [0.717, 1.165) is 31.9 Å². The van der Waals surface area contributed by atoms with Crippen molar-refractivity contribution in [2.45, 2.75) is 66.0 Å². The molecule has 1 atom stereocenters. The minimum absolute atomic E-state index is 0.0140. The fraction of sp³-hybridized carbons (Fsp3) is 0.519. The Hall–Kier alpha value is -2.73. The molecule has 1 aromatic heterocycles. The lowest BCUT2D eigenvalue weighted by Gasteiger charge is -2.33. The minimum atomic E-state index is -0.108. The fourth-order valence-corrected chi connectivity index (χ4v) is 4.46. The van der Waals surface area contributed by atoms with Crippen molar-refractivity contribution in [2.75, 3.05) is 26.2 Å². The highest BCUT2D eigenvalue weighted by atomic mass is 16.2. The number of Topliss-reactive ketones (excluding diaryl/α,β-unsaturated/α-hetero) is 1. The molecule has 2 aliphatic rings. The maximum Gasteiger partial charge on any atom is 0.246 e. The number of ketones is 1. The van der Waals surface area contributed by atoms with Crippen LogP contribution in [0.4, 0.5) is 0 Å². The van der Waals surface area contributed by atoms with Crippen LogP contribution < -0.4 is 0 Å². The average Bonchev–Trinajstić information content (AvgIpc) is 3.22. The van der Waals surface area contributed by atoms with Crippen molar-refractivity contribution < 1.29 is 9.59 Å². The molecule has 178 valence electrons. The van der Waals surface area contributed by atoms with Crippen LogP contribution in [0.15, 0.2) is 42.6 Å². The van der Waals surface area contributed by atoms with Gasteiger partial charge in [-0.15, -0.1) is 0 Å². The number of aryl methyl sites for hydroxylation is 2. The summed E-state index contributed by atoms with van der Waals surface area (Å²) < 4.78 is 1.93. The summed E-state index contributed by atoms with van der Waals surface area (Å²) in [5.41, 5.74) is 3.66. The SMILES string of the molecule is CC(=O)c1cnc2n1CCN(C(=O)/C=C/CN1CCC1)C2C.CCCc1ccccc1CC. The molecule has 3 heterocycles. The van der Waals surface area contributed by atoms with Gasteiger partial charge in [-0.05, 0) is 50.4 Å². The Balaban J connectivity index is 0.000000235. The van der Waals surface area contributed by atoms with E-state index < -0.39 is 0 Å². The molecule has 0 N–H and O–H groups in total. The van der Waals surface area contributed by atoms with Crippen LogP contribution in [0.1, 0.15) is 74.0 Å². The molecule has 2 aliphatic heterocycles. The molecular weight excluding hydrogens is 412 g/mol. The average molecular weight is 451 g/mol. The molecule has 1 amide bonds. The number of carbonyl (C=O) groups excluding carboxylic acids is 2. The van der Waals surface area contributed by atoms with Gasteiger partial charge in [-0.1, -0.05) is 50.6 Å². The van der Waals surface area contributed by atoms with E-state index in [1.807, 2.05) is 22.5 Å². The lowest BCUT2D eigenvalue weighted by atomic mass is 10.0. The van der Waals surface area contributed by atoms with Gasteiger partial charge in [0.15, 0.2) is 5.78 Å². The molecule has 6 heteroatoms. The van der Waals surface area contributed by atoms with Crippen LogP contribution in [-0.4, -0.2) is 57.2 Å². The molecule has 1 fully saturated rings. The number of aromatic nitrogens is 2. The molecule has 1 aromatic carbocycles. The number of hydrogen-bond acceptors (Lipinski definition) is 4. The largest absolute Gasteiger partial charge is 0.327 e. The highest BCUT2D eigenvalue weighted by Crippen LogP contribution is 2.25. The summed E-state index contributed by atoms with van der Waals surface area (Å²) in [5.74, 6) is 0.827. The number of likely N-dealkylation sites (tertiary alicyclic amines) is 1. The van der Waals surface area contributed by atoms with Gasteiger partial charge in [0, 0.05) is 32.6 Å². The quantitative estimate of drug-likeness (QED) is 0.462. The van der Waals surface area contributed by atoms with E-state index in [9.17, 15) is 9.59 Å². The summed E-state index contributed by atoms with van der Waals surface area (Å²) >= 11 is 0. The normalized spacial score (nSPS) is 17.8. The first-order chi connectivity index (χ1) is 16.0. The number of fused-ring (bicyclic) bond motifs is 1. The molecule has 2 aromatic rings. The number of hydrogen-bond donors (Lipinski definition) is 0. The zero-order valence-corrected chi connectivity index (χ0v) is 20.6. The predicted octanol–water partition coefficient (Wildman–Crippen LogP) is 4.45. The van der Waals surface area contributed by atoms with E-state index in [-0.39, 0.29) is 17.7 Å². The molecule has 0 aliphatic carbocycles. The lowest BCUT2D eigenvalue weighted by molar-refractivity contribution is -0.129. The van der Waals surface area contributed by atoms with Gasteiger partial charge in [0.25, 0.3) is 0 Å². The summed E-state index contributed by atoms with van der Waals surface area (Å²) in [7, 11) is 0. The molecule has 4 rings (SSSR count). The standard InChI is InChI=1S/C16H22N4O2.C11H16/c1-12-16-17-11-14(13(2)21)20(16)10-9-19(12)15(22)5-3-6-18-7-4-8-18;1-3-7-11-9-6-5-8-10(11)4-2/h3,5,11-12H,4,6-10H2,1-2H3;5-6,8-9H,3-4,7H2,1-2H3/b5-3+;. The van der Waals surface area contributed by atoms with E-state index in [4.69, 9.17) is 0 Å². The van der Waals surface area contributed by atoms with Crippen molar-refractivity contribution in [3.63, 3.8) is 0 Å². The second-order valence-electron chi connectivity index (χ2n) is 8.85. The number of amides is 1. The molecule has 0 radical (unpaired) electrons. The van der Waals surface area contributed by atoms with E-state index in [1.165, 1.54) is 30.4 Å². The number of rotatable bonds is 7. The van der Waals surface area contributed by atoms with Crippen LogP contribution in [0.2, 0.25) is 0 Å². The van der Waals surface area contributed by atoms with Crippen LogP contribution in [-0.2, 0) is 24.2 Å². The van der Waals surface area contributed by atoms with Crippen LogP contribution in [0.3, 0.4) is 0 Å². The Morgan fingerprint density at radius 2 is 1.82 bits per heavy atom. The summed E-state index contributed by atoms with van der Waals surface area (Å²) in [6, 6.07) is 8.61. The molecule has 33 heavy (non-hydrogen) atoms. The second kappa shape index (κ2) is 11.9. The Bertz CT molecular complexity index is 974. The summed E-state index contributed by atoms with van der Waals surface area (Å²) in [5, 5.41) is 0. The highest BCUT2D eigenvalue weighted by Gasteiger charge is 2.30. The van der Waals surface area contributed by atoms with Gasteiger partial charge in [-0.25, -0.2) is 4.98 Å². The maximum absolute atomic E-state index is 12.4. The van der Waals surface area contributed by atoms with E-state index in [2.05, 4.69) is 48.0 Å².